The molecule has 11 heteroatoms. The van der Waals surface area contributed by atoms with E-state index < -0.39 is 15.9 Å². The van der Waals surface area contributed by atoms with Crippen molar-refractivity contribution in [1.29, 1.82) is 0 Å². The van der Waals surface area contributed by atoms with Gasteiger partial charge in [-0.25, -0.2) is 13.4 Å². The molecule has 1 amide bonds. The van der Waals surface area contributed by atoms with Crippen LogP contribution in [0.1, 0.15) is 24.2 Å². The van der Waals surface area contributed by atoms with E-state index in [1.807, 2.05) is 13.8 Å². The lowest BCUT2D eigenvalue weighted by atomic mass is 10.2. The number of methoxy groups -OCH3 is 1. The summed E-state index contributed by atoms with van der Waals surface area (Å²) in [5, 5.41) is 3.62. The van der Waals surface area contributed by atoms with Crippen LogP contribution in [0.5, 0.6) is 5.75 Å². The van der Waals surface area contributed by atoms with E-state index in [1.54, 1.807) is 12.1 Å². The number of anilines is 1. The zero-order valence-electron chi connectivity index (χ0n) is 17.7. The number of rotatable bonds is 5. The fourth-order valence-electron chi connectivity index (χ4n) is 3.59. The quantitative estimate of drug-likeness (QED) is 0.574. The maximum absolute atomic E-state index is 13.0. The average molecular weight is 496 g/mol. The normalized spacial score (nSPS) is 19.8. The summed E-state index contributed by atoms with van der Waals surface area (Å²) in [6.45, 7) is 4.27. The van der Waals surface area contributed by atoms with Crippen LogP contribution in [0.2, 0.25) is 5.02 Å². The van der Waals surface area contributed by atoms with Gasteiger partial charge in [0.05, 0.1) is 33.9 Å². The van der Waals surface area contributed by atoms with E-state index in [1.165, 1.54) is 47.0 Å². The molecule has 0 bridgehead atoms. The van der Waals surface area contributed by atoms with Crippen LogP contribution < -0.4 is 10.1 Å². The summed E-state index contributed by atoms with van der Waals surface area (Å²) in [6, 6.07) is 9.26. The number of hydrogen-bond donors (Lipinski definition) is 1. The number of amides is 1. The lowest BCUT2D eigenvalue weighted by Gasteiger charge is -2.34. The van der Waals surface area contributed by atoms with E-state index in [0.717, 1.165) is 0 Å². The monoisotopic (exact) mass is 495 g/mol. The van der Waals surface area contributed by atoms with Gasteiger partial charge in [-0.05, 0) is 50.2 Å². The van der Waals surface area contributed by atoms with Gasteiger partial charge in [-0.2, -0.15) is 4.31 Å². The Kier molecular flexibility index (Phi) is 6.42. The predicted octanol–water partition coefficient (Wildman–Crippen LogP) is 4.01. The molecule has 170 valence electrons. The molecule has 2 heterocycles. The zero-order chi connectivity index (χ0) is 23.0. The Balaban J connectivity index is 1.52. The van der Waals surface area contributed by atoms with Crippen LogP contribution in [0.25, 0.3) is 10.2 Å². The molecule has 0 spiro atoms. The van der Waals surface area contributed by atoms with Crippen LogP contribution >= 0.6 is 22.9 Å². The summed E-state index contributed by atoms with van der Waals surface area (Å²) in [5.74, 6) is 0.152. The van der Waals surface area contributed by atoms with Gasteiger partial charge in [-0.3, -0.25) is 10.1 Å². The third-order valence-corrected chi connectivity index (χ3v) is 8.32. The van der Waals surface area contributed by atoms with Crippen LogP contribution in [-0.2, 0) is 14.8 Å². The van der Waals surface area contributed by atoms with Crippen LogP contribution in [0.4, 0.5) is 5.13 Å². The van der Waals surface area contributed by atoms with Gasteiger partial charge in [-0.1, -0.05) is 22.9 Å². The Morgan fingerprint density at radius 2 is 1.84 bits per heavy atom. The summed E-state index contributed by atoms with van der Waals surface area (Å²) < 4.78 is 39.0. The highest BCUT2D eigenvalue weighted by atomic mass is 35.5. The number of benzene rings is 2. The first-order chi connectivity index (χ1) is 15.2. The molecule has 32 heavy (non-hydrogen) atoms. The number of thiazole rings is 1. The number of carbonyl (C=O) groups excluding carboxylic acids is 1. The van der Waals surface area contributed by atoms with Crippen LogP contribution in [-0.4, -0.2) is 56.0 Å². The second-order valence-corrected chi connectivity index (χ2v) is 10.8. The molecule has 2 aromatic carbocycles. The molecule has 1 aromatic heterocycles. The Bertz CT molecular complexity index is 1250. The minimum absolute atomic E-state index is 0.131. The van der Waals surface area contributed by atoms with Crippen LogP contribution in [0.15, 0.2) is 41.3 Å². The Morgan fingerprint density at radius 3 is 2.47 bits per heavy atom. The molecule has 0 radical (unpaired) electrons. The number of halogens is 1. The Morgan fingerprint density at radius 1 is 1.19 bits per heavy atom. The Labute approximate surface area is 195 Å². The second kappa shape index (κ2) is 8.95. The Hall–Kier alpha value is -2.24. The van der Waals surface area contributed by atoms with E-state index >= 15 is 0 Å². The number of sulfonamides is 1. The summed E-state index contributed by atoms with van der Waals surface area (Å²) >= 11 is 7.46. The summed E-state index contributed by atoms with van der Waals surface area (Å²) in [7, 11) is -2.14. The van der Waals surface area contributed by atoms with Gasteiger partial charge >= 0.3 is 0 Å². The zero-order valence-corrected chi connectivity index (χ0v) is 20.1. The summed E-state index contributed by atoms with van der Waals surface area (Å²) in [5.41, 5.74) is 0.876. The van der Waals surface area contributed by atoms with Crippen molar-refractivity contribution in [3.63, 3.8) is 0 Å². The van der Waals surface area contributed by atoms with Gasteiger partial charge in [-0.15, -0.1) is 0 Å². The van der Waals surface area contributed by atoms with Crippen molar-refractivity contribution < 1.29 is 22.7 Å². The lowest BCUT2D eigenvalue weighted by molar-refractivity contribution is -0.0440. The molecule has 0 unspecified atom stereocenters. The highest BCUT2D eigenvalue weighted by Gasteiger charge is 2.32. The van der Waals surface area contributed by atoms with Gasteiger partial charge in [0, 0.05) is 18.7 Å². The van der Waals surface area contributed by atoms with Crippen molar-refractivity contribution in [2.24, 2.45) is 0 Å². The van der Waals surface area contributed by atoms with Crippen molar-refractivity contribution in [2.75, 3.05) is 25.5 Å². The van der Waals surface area contributed by atoms with Crippen molar-refractivity contribution in [3.05, 3.63) is 47.0 Å². The number of nitrogens with one attached hydrogen (secondary N) is 1. The molecular weight excluding hydrogens is 474 g/mol. The smallest absolute Gasteiger partial charge is 0.257 e. The predicted molar refractivity (Wildman–Crippen MR) is 124 cm³/mol. The first kappa shape index (κ1) is 22.9. The molecule has 1 fully saturated rings. The minimum Gasteiger partial charge on any atom is -0.494 e. The molecular formula is C21H22ClN3O5S2. The van der Waals surface area contributed by atoms with E-state index in [9.17, 15) is 13.2 Å². The number of morpholine rings is 1. The van der Waals surface area contributed by atoms with Crippen molar-refractivity contribution in [3.8, 4) is 5.75 Å². The van der Waals surface area contributed by atoms with E-state index in [4.69, 9.17) is 21.1 Å². The van der Waals surface area contributed by atoms with E-state index in [2.05, 4.69) is 10.3 Å². The second-order valence-electron chi connectivity index (χ2n) is 7.50. The fraction of sp³-hybridized carbons (Fsp3) is 0.333. The molecule has 0 saturated carbocycles. The molecule has 1 aliphatic rings. The van der Waals surface area contributed by atoms with Gasteiger partial charge in [0.2, 0.25) is 10.0 Å². The highest BCUT2D eigenvalue weighted by Crippen LogP contribution is 2.37. The standard InChI is InChI=1S/C21H22ClN3O5S2/c1-12-10-25(11-13(2)30-12)32(27,28)15-6-4-14(5-7-15)20(26)24-21-23-18-17(29-3)9-8-16(22)19(18)31-21/h4-9,12-13H,10-11H2,1-3H3,(H,23,24,26)/t12-,13-/m0/s1. The van der Waals surface area contributed by atoms with Gasteiger partial charge in [0.15, 0.2) is 5.13 Å². The third-order valence-electron chi connectivity index (χ3n) is 5.04. The number of hydrogen-bond acceptors (Lipinski definition) is 7. The average Bonchev–Trinajstić information content (AvgIpc) is 3.18. The van der Waals surface area contributed by atoms with Gasteiger partial charge < -0.3 is 9.47 Å². The highest BCUT2D eigenvalue weighted by molar-refractivity contribution is 7.89. The lowest BCUT2D eigenvalue weighted by Crippen LogP contribution is -2.48. The summed E-state index contributed by atoms with van der Waals surface area (Å²) in [4.78, 5) is 17.2. The molecule has 1 aliphatic heterocycles. The van der Waals surface area contributed by atoms with Crippen LogP contribution in [0, 0.1) is 0 Å². The number of fused-ring (bicyclic) bond motifs is 1. The first-order valence-corrected chi connectivity index (χ1v) is 12.5. The number of nitrogens with zero attached hydrogens (tertiary/aromatic N) is 2. The summed E-state index contributed by atoms with van der Waals surface area (Å²) in [6.07, 6.45) is -0.362. The van der Waals surface area contributed by atoms with E-state index in [0.29, 0.717) is 44.8 Å². The molecule has 3 aromatic rings. The SMILES string of the molecule is COc1ccc(Cl)c2sc(NC(=O)c3ccc(S(=O)(=O)N4C[C@H](C)O[C@@H](C)C4)cc3)nc12. The van der Waals surface area contributed by atoms with Crippen molar-refractivity contribution in [1.82, 2.24) is 9.29 Å². The number of ether oxygens (including phenoxy) is 2. The number of aromatic nitrogens is 1. The largest absolute Gasteiger partial charge is 0.494 e. The minimum atomic E-state index is -3.68. The fourth-order valence-corrected chi connectivity index (χ4v) is 6.34. The van der Waals surface area contributed by atoms with Crippen molar-refractivity contribution in [2.45, 2.75) is 31.0 Å². The maximum Gasteiger partial charge on any atom is 0.257 e. The molecule has 4 rings (SSSR count). The van der Waals surface area contributed by atoms with Gasteiger partial charge in [0.25, 0.3) is 5.91 Å². The van der Waals surface area contributed by atoms with Crippen molar-refractivity contribution >= 4 is 54.2 Å². The van der Waals surface area contributed by atoms with E-state index in [-0.39, 0.29) is 17.1 Å². The topological polar surface area (TPSA) is 97.8 Å². The first-order valence-electron chi connectivity index (χ1n) is 9.89. The third kappa shape index (κ3) is 4.46. The number of carbonyl (C=O) groups is 1. The maximum atomic E-state index is 13.0. The molecule has 2 atom stereocenters. The molecule has 8 nitrogen and oxygen atoms in total. The van der Waals surface area contributed by atoms with Crippen LogP contribution in [0.3, 0.4) is 0 Å². The molecule has 1 saturated heterocycles. The molecule has 0 aliphatic carbocycles. The molecule has 1 N–H and O–H groups in total. The van der Waals surface area contributed by atoms with Gasteiger partial charge in [0.1, 0.15) is 11.3 Å².